The second-order valence-corrected chi connectivity index (χ2v) is 3.87. The Morgan fingerprint density at radius 3 is 2.33 bits per heavy atom. The molecule has 0 aromatic heterocycles. The molecule has 1 saturated carbocycles. The van der Waals surface area contributed by atoms with Gasteiger partial charge in [0.05, 0.1) is 0 Å². The fraction of sp³-hybridized carbons (Fsp3) is 1.00. The van der Waals surface area contributed by atoms with Gasteiger partial charge in [-0.15, -0.1) is 0 Å². The molecule has 0 bridgehead atoms. The molecule has 0 atom stereocenters. The first-order valence-electron chi connectivity index (χ1n) is 3.83. The fourth-order valence-corrected chi connectivity index (χ4v) is 0.971. The predicted molar refractivity (Wildman–Crippen MR) is 39.1 cm³/mol. The van der Waals surface area contributed by atoms with Gasteiger partial charge in [-0.25, -0.2) is 0 Å². The minimum Gasteiger partial charge on any atom is -0.252 e. The summed E-state index contributed by atoms with van der Waals surface area (Å²) in [6.07, 6.45) is 5.22. The average molecular weight is 126 g/mol. The lowest BCUT2D eigenvalue weighted by molar-refractivity contribution is 0.429. The maximum absolute atomic E-state index is 7.55. The van der Waals surface area contributed by atoms with E-state index in [1.807, 2.05) is 13.8 Å². The Bertz CT molecular complexity index is 87.2. The van der Waals surface area contributed by atoms with E-state index in [4.69, 9.17) is 5.73 Å². The van der Waals surface area contributed by atoms with Crippen molar-refractivity contribution in [3.05, 3.63) is 0 Å². The molecule has 1 nitrogen and oxygen atoms in total. The van der Waals surface area contributed by atoms with Crippen molar-refractivity contribution >= 4 is 0 Å². The summed E-state index contributed by atoms with van der Waals surface area (Å²) in [7, 11) is 0. The van der Waals surface area contributed by atoms with Crippen LogP contribution in [0.1, 0.15) is 39.5 Å². The largest absolute Gasteiger partial charge is 0.252 e. The van der Waals surface area contributed by atoms with Gasteiger partial charge in [-0.2, -0.15) is 0 Å². The first kappa shape index (κ1) is 7.07. The SMILES string of the molecule is CC(C)([NH])CCC1CC1. The van der Waals surface area contributed by atoms with E-state index >= 15 is 0 Å². The first-order valence-corrected chi connectivity index (χ1v) is 3.83. The molecule has 1 heteroatoms. The van der Waals surface area contributed by atoms with Gasteiger partial charge in [-0.3, -0.25) is 5.73 Å². The second-order valence-electron chi connectivity index (χ2n) is 3.87. The van der Waals surface area contributed by atoms with Gasteiger partial charge in [0.1, 0.15) is 0 Å². The summed E-state index contributed by atoms with van der Waals surface area (Å²) < 4.78 is 0. The Kier molecular flexibility index (Phi) is 1.80. The normalized spacial score (nSPS) is 20.3. The van der Waals surface area contributed by atoms with Crippen molar-refractivity contribution in [1.29, 1.82) is 0 Å². The van der Waals surface area contributed by atoms with Crippen LogP contribution in [0.15, 0.2) is 0 Å². The van der Waals surface area contributed by atoms with Crippen LogP contribution in [0.5, 0.6) is 0 Å². The van der Waals surface area contributed by atoms with Crippen LogP contribution in [0.2, 0.25) is 0 Å². The van der Waals surface area contributed by atoms with E-state index in [2.05, 4.69) is 0 Å². The van der Waals surface area contributed by atoms with Crippen LogP contribution in [-0.2, 0) is 0 Å². The van der Waals surface area contributed by atoms with Crippen molar-refractivity contribution < 1.29 is 0 Å². The second kappa shape index (κ2) is 2.30. The van der Waals surface area contributed by atoms with Gasteiger partial charge in [0.15, 0.2) is 0 Å². The van der Waals surface area contributed by atoms with E-state index in [1.54, 1.807) is 0 Å². The molecule has 0 aliphatic heterocycles. The zero-order valence-electron chi connectivity index (χ0n) is 6.41. The minimum atomic E-state index is -0.178. The van der Waals surface area contributed by atoms with Gasteiger partial charge < -0.3 is 0 Å². The molecule has 0 heterocycles. The highest BCUT2D eigenvalue weighted by Crippen LogP contribution is 2.34. The first-order chi connectivity index (χ1) is 4.08. The topological polar surface area (TPSA) is 23.8 Å². The Morgan fingerprint density at radius 2 is 2.00 bits per heavy atom. The standard InChI is InChI=1S/C8H16N/c1-8(2,9)6-5-7-3-4-7/h7,9H,3-6H2,1-2H3. The van der Waals surface area contributed by atoms with E-state index in [0.717, 1.165) is 12.3 Å². The number of hydrogen-bond acceptors (Lipinski definition) is 0. The van der Waals surface area contributed by atoms with Crippen molar-refractivity contribution in [3.63, 3.8) is 0 Å². The van der Waals surface area contributed by atoms with Gasteiger partial charge in [0.25, 0.3) is 0 Å². The third kappa shape index (κ3) is 3.52. The summed E-state index contributed by atoms with van der Waals surface area (Å²) in [6.45, 7) is 3.99. The van der Waals surface area contributed by atoms with Crippen molar-refractivity contribution in [1.82, 2.24) is 5.73 Å². The van der Waals surface area contributed by atoms with E-state index < -0.39 is 0 Å². The molecule has 1 aliphatic rings. The summed E-state index contributed by atoms with van der Waals surface area (Å²) in [6, 6.07) is 0. The summed E-state index contributed by atoms with van der Waals surface area (Å²) in [4.78, 5) is 0. The van der Waals surface area contributed by atoms with Crippen molar-refractivity contribution in [2.24, 2.45) is 5.92 Å². The van der Waals surface area contributed by atoms with E-state index in [0.29, 0.717) is 0 Å². The molecule has 1 fully saturated rings. The van der Waals surface area contributed by atoms with Gasteiger partial charge in [0.2, 0.25) is 0 Å². The summed E-state index contributed by atoms with van der Waals surface area (Å²) in [5.74, 6) is 0.995. The maximum Gasteiger partial charge on any atom is 0.0267 e. The molecule has 0 spiro atoms. The molecule has 1 rings (SSSR count). The van der Waals surface area contributed by atoms with Gasteiger partial charge >= 0.3 is 0 Å². The molecular formula is C8H16N. The van der Waals surface area contributed by atoms with Gasteiger partial charge in [0, 0.05) is 5.54 Å². The molecule has 1 radical (unpaired) electrons. The number of rotatable bonds is 3. The van der Waals surface area contributed by atoms with Crippen LogP contribution in [0.4, 0.5) is 0 Å². The Hall–Kier alpha value is -0.0400. The lowest BCUT2D eigenvalue weighted by Gasteiger charge is -2.15. The van der Waals surface area contributed by atoms with Gasteiger partial charge in [-0.1, -0.05) is 12.8 Å². The fourth-order valence-electron chi connectivity index (χ4n) is 0.971. The van der Waals surface area contributed by atoms with E-state index in [9.17, 15) is 0 Å². The molecule has 1 aliphatic carbocycles. The molecule has 1 N–H and O–H groups in total. The minimum absolute atomic E-state index is 0.178. The molecule has 0 aromatic carbocycles. The van der Waals surface area contributed by atoms with Gasteiger partial charge in [-0.05, 0) is 32.6 Å². The van der Waals surface area contributed by atoms with Crippen molar-refractivity contribution in [2.75, 3.05) is 0 Å². The average Bonchev–Trinajstić information content (AvgIpc) is 2.38. The van der Waals surface area contributed by atoms with Crippen LogP contribution < -0.4 is 5.73 Å². The predicted octanol–water partition coefficient (Wildman–Crippen LogP) is 2.24. The molecule has 0 aromatic rings. The lowest BCUT2D eigenvalue weighted by Crippen LogP contribution is -2.20. The highest BCUT2D eigenvalue weighted by atomic mass is 14.7. The van der Waals surface area contributed by atoms with Crippen LogP contribution in [0.3, 0.4) is 0 Å². The molecule has 9 heavy (non-hydrogen) atoms. The van der Waals surface area contributed by atoms with Crippen LogP contribution in [0, 0.1) is 5.92 Å². The van der Waals surface area contributed by atoms with E-state index in [1.165, 1.54) is 19.3 Å². The van der Waals surface area contributed by atoms with Crippen LogP contribution in [-0.4, -0.2) is 5.54 Å². The highest BCUT2D eigenvalue weighted by Gasteiger charge is 2.23. The molecule has 0 saturated heterocycles. The zero-order chi connectivity index (χ0) is 6.91. The van der Waals surface area contributed by atoms with E-state index in [-0.39, 0.29) is 5.54 Å². The summed E-state index contributed by atoms with van der Waals surface area (Å²) >= 11 is 0. The Morgan fingerprint density at radius 1 is 1.44 bits per heavy atom. The number of nitrogens with one attached hydrogen (secondary N) is 1. The quantitative estimate of drug-likeness (QED) is 0.554. The maximum atomic E-state index is 7.55. The summed E-state index contributed by atoms with van der Waals surface area (Å²) in [5.41, 5.74) is 7.37. The molecule has 0 amide bonds. The smallest absolute Gasteiger partial charge is 0.0267 e. The lowest BCUT2D eigenvalue weighted by atomic mass is 9.98. The third-order valence-electron chi connectivity index (χ3n) is 1.87. The van der Waals surface area contributed by atoms with Crippen molar-refractivity contribution in [2.45, 2.75) is 45.1 Å². The highest BCUT2D eigenvalue weighted by molar-refractivity contribution is 4.78. The number of hydrogen-bond donors (Lipinski definition) is 0. The molecule has 53 valence electrons. The monoisotopic (exact) mass is 126 g/mol. The Balaban J connectivity index is 2.03. The van der Waals surface area contributed by atoms with Crippen LogP contribution in [0.25, 0.3) is 0 Å². The Labute approximate surface area is 57.6 Å². The molecule has 0 unspecified atom stereocenters. The molecular weight excluding hydrogens is 110 g/mol. The van der Waals surface area contributed by atoms with Crippen LogP contribution >= 0.6 is 0 Å². The van der Waals surface area contributed by atoms with Crippen molar-refractivity contribution in [3.8, 4) is 0 Å². The summed E-state index contributed by atoms with van der Waals surface area (Å²) in [5, 5.41) is 0. The zero-order valence-corrected chi connectivity index (χ0v) is 6.41. The third-order valence-corrected chi connectivity index (χ3v) is 1.87.